The van der Waals surface area contributed by atoms with Gasteiger partial charge in [-0.05, 0) is 46.5 Å². The molecule has 0 spiro atoms. The van der Waals surface area contributed by atoms with Crippen LogP contribution in [0.2, 0.25) is 0 Å². The van der Waals surface area contributed by atoms with Crippen LogP contribution >= 0.6 is 0 Å². The number of ether oxygens (including phenoxy) is 1. The molecular formula is C14H24N4O3. The average molecular weight is 296 g/mol. The molecule has 0 radical (unpaired) electrons. The van der Waals surface area contributed by atoms with E-state index in [4.69, 9.17) is 9.84 Å². The van der Waals surface area contributed by atoms with Gasteiger partial charge in [-0.3, -0.25) is 0 Å². The van der Waals surface area contributed by atoms with E-state index in [2.05, 4.69) is 15.6 Å². The second-order valence-corrected chi connectivity index (χ2v) is 6.51. The number of nitrogens with zero attached hydrogens (tertiary/aromatic N) is 3. The maximum Gasteiger partial charge on any atom is 0.407 e. The van der Waals surface area contributed by atoms with E-state index in [1.165, 1.54) is 0 Å². The molecule has 2 unspecified atom stereocenters. The van der Waals surface area contributed by atoms with Crippen LogP contribution < -0.4 is 5.32 Å². The lowest BCUT2D eigenvalue weighted by Crippen LogP contribution is -2.41. The highest BCUT2D eigenvalue weighted by molar-refractivity contribution is 5.68. The summed E-state index contributed by atoms with van der Waals surface area (Å²) in [5.41, 5.74) is 0.0808. The van der Waals surface area contributed by atoms with Crippen molar-refractivity contribution < 1.29 is 14.6 Å². The lowest BCUT2D eigenvalue weighted by molar-refractivity contribution is 0.0484. The van der Waals surface area contributed by atoms with Crippen LogP contribution in [0.4, 0.5) is 4.79 Å². The van der Waals surface area contributed by atoms with Gasteiger partial charge >= 0.3 is 6.09 Å². The van der Waals surface area contributed by atoms with Gasteiger partial charge in [0.05, 0.1) is 18.8 Å². The zero-order chi connectivity index (χ0) is 15.5. The van der Waals surface area contributed by atoms with Crippen LogP contribution in [0, 0.1) is 0 Å². The van der Waals surface area contributed by atoms with Crippen molar-refractivity contribution in [2.24, 2.45) is 0 Å². The summed E-state index contributed by atoms with van der Waals surface area (Å²) in [6.07, 6.45) is 5.15. The third-order valence-electron chi connectivity index (χ3n) is 3.46. The summed E-state index contributed by atoms with van der Waals surface area (Å²) in [6.45, 7) is 5.44. The van der Waals surface area contributed by atoms with E-state index in [1.54, 1.807) is 10.9 Å². The van der Waals surface area contributed by atoms with Crippen molar-refractivity contribution in [3.63, 3.8) is 0 Å². The van der Waals surface area contributed by atoms with Gasteiger partial charge in [0.2, 0.25) is 0 Å². The summed E-state index contributed by atoms with van der Waals surface area (Å²) in [5, 5.41) is 19.9. The Morgan fingerprint density at radius 1 is 1.52 bits per heavy atom. The molecule has 1 heterocycles. The molecule has 1 aromatic rings. The highest BCUT2D eigenvalue weighted by atomic mass is 16.6. The molecule has 2 N–H and O–H groups in total. The fourth-order valence-corrected chi connectivity index (χ4v) is 2.57. The smallest absolute Gasteiger partial charge is 0.407 e. The normalized spacial score (nSPS) is 22.9. The Bertz CT molecular complexity index is 481. The van der Waals surface area contributed by atoms with Crippen LogP contribution in [0.1, 0.15) is 58.2 Å². The van der Waals surface area contributed by atoms with E-state index in [0.717, 1.165) is 25.7 Å². The zero-order valence-corrected chi connectivity index (χ0v) is 12.9. The minimum atomic E-state index is -0.486. The van der Waals surface area contributed by atoms with Crippen molar-refractivity contribution in [3.8, 4) is 0 Å². The van der Waals surface area contributed by atoms with Crippen LogP contribution in [0.15, 0.2) is 6.20 Å². The minimum absolute atomic E-state index is 0.0837. The predicted octanol–water partition coefficient (Wildman–Crippen LogP) is 1.78. The fraction of sp³-hybridized carbons (Fsp3) is 0.786. The number of alkyl carbamates (subject to hydrolysis) is 1. The number of carbonyl (C=O) groups excluding carboxylic acids is 1. The van der Waals surface area contributed by atoms with Crippen molar-refractivity contribution in [3.05, 3.63) is 11.9 Å². The van der Waals surface area contributed by atoms with Crippen molar-refractivity contribution in [1.29, 1.82) is 0 Å². The molecule has 0 aromatic carbocycles. The Hall–Kier alpha value is -1.63. The van der Waals surface area contributed by atoms with E-state index < -0.39 is 5.60 Å². The lowest BCUT2D eigenvalue weighted by atomic mass is 9.91. The van der Waals surface area contributed by atoms with E-state index in [-0.39, 0.29) is 24.8 Å². The topological polar surface area (TPSA) is 89.3 Å². The van der Waals surface area contributed by atoms with E-state index in [0.29, 0.717) is 5.69 Å². The van der Waals surface area contributed by atoms with Crippen molar-refractivity contribution in [1.82, 2.24) is 20.3 Å². The Morgan fingerprint density at radius 3 is 2.90 bits per heavy atom. The molecule has 0 aliphatic heterocycles. The maximum absolute atomic E-state index is 11.8. The van der Waals surface area contributed by atoms with Crippen LogP contribution in [0.25, 0.3) is 0 Å². The van der Waals surface area contributed by atoms with Gasteiger partial charge in [-0.1, -0.05) is 5.21 Å². The molecular weight excluding hydrogens is 272 g/mol. The minimum Gasteiger partial charge on any atom is -0.444 e. The molecule has 0 saturated heterocycles. The summed E-state index contributed by atoms with van der Waals surface area (Å²) >= 11 is 0. The average Bonchev–Trinajstić information content (AvgIpc) is 2.85. The second kappa shape index (κ2) is 6.43. The van der Waals surface area contributed by atoms with E-state index >= 15 is 0 Å². The lowest BCUT2D eigenvalue weighted by Gasteiger charge is -2.30. The molecule has 2 atom stereocenters. The highest BCUT2D eigenvalue weighted by Gasteiger charge is 2.27. The van der Waals surface area contributed by atoms with Crippen molar-refractivity contribution >= 4 is 6.09 Å². The van der Waals surface area contributed by atoms with Crippen LogP contribution in [0.5, 0.6) is 0 Å². The van der Waals surface area contributed by atoms with Gasteiger partial charge in [0.25, 0.3) is 0 Å². The van der Waals surface area contributed by atoms with Gasteiger partial charge in [-0.25, -0.2) is 9.48 Å². The van der Waals surface area contributed by atoms with Gasteiger partial charge in [0, 0.05) is 6.04 Å². The summed E-state index contributed by atoms with van der Waals surface area (Å²) in [7, 11) is 0. The first-order valence-corrected chi connectivity index (χ1v) is 7.38. The number of carbonyl (C=O) groups is 1. The maximum atomic E-state index is 11.8. The number of aromatic nitrogens is 3. The standard InChI is InChI=1S/C14H24N4O3/c1-14(2,3)21-13(20)15-10-5-4-6-12(7-10)18-8-11(9-19)16-17-18/h8,10,12,19H,4-7,9H2,1-3H3,(H,15,20). The number of amides is 1. The van der Waals surface area contributed by atoms with Crippen LogP contribution in [-0.2, 0) is 11.3 Å². The molecule has 1 aliphatic rings. The molecule has 7 nitrogen and oxygen atoms in total. The number of nitrogens with one attached hydrogen (secondary N) is 1. The molecule has 2 rings (SSSR count). The predicted molar refractivity (Wildman–Crippen MR) is 76.6 cm³/mol. The van der Waals surface area contributed by atoms with Gasteiger partial charge in [-0.2, -0.15) is 0 Å². The number of aliphatic hydroxyl groups excluding tert-OH is 1. The molecule has 7 heteroatoms. The molecule has 1 amide bonds. The summed E-state index contributed by atoms with van der Waals surface area (Å²) in [4.78, 5) is 11.8. The van der Waals surface area contributed by atoms with E-state index in [9.17, 15) is 4.79 Å². The van der Waals surface area contributed by atoms with Gasteiger partial charge in [0.15, 0.2) is 0 Å². The quantitative estimate of drug-likeness (QED) is 0.887. The molecule has 1 aliphatic carbocycles. The largest absolute Gasteiger partial charge is 0.444 e. The molecule has 1 fully saturated rings. The molecule has 1 aromatic heterocycles. The zero-order valence-electron chi connectivity index (χ0n) is 12.9. The summed E-state index contributed by atoms with van der Waals surface area (Å²) < 4.78 is 7.07. The first-order valence-electron chi connectivity index (χ1n) is 7.38. The summed E-state index contributed by atoms with van der Waals surface area (Å²) in [6, 6.07) is 0.284. The monoisotopic (exact) mass is 296 g/mol. The van der Waals surface area contributed by atoms with Crippen molar-refractivity contribution in [2.75, 3.05) is 0 Å². The number of hydrogen-bond acceptors (Lipinski definition) is 5. The Kier molecular flexibility index (Phi) is 4.82. The SMILES string of the molecule is CC(C)(C)OC(=O)NC1CCCC(n2cc(CO)nn2)C1. The van der Waals surface area contributed by atoms with E-state index in [1.807, 2.05) is 20.8 Å². The molecule has 21 heavy (non-hydrogen) atoms. The van der Waals surface area contributed by atoms with Crippen LogP contribution in [-0.4, -0.2) is 37.8 Å². The molecule has 118 valence electrons. The number of aliphatic hydroxyl groups is 1. The Morgan fingerprint density at radius 2 is 2.29 bits per heavy atom. The Balaban J connectivity index is 1.90. The number of rotatable bonds is 3. The highest BCUT2D eigenvalue weighted by Crippen LogP contribution is 2.28. The third-order valence-corrected chi connectivity index (χ3v) is 3.46. The van der Waals surface area contributed by atoms with Gasteiger partial charge in [0.1, 0.15) is 11.3 Å². The molecule has 0 bridgehead atoms. The second-order valence-electron chi connectivity index (χ2n) is 6.51. The first kappa shape index (κ1) is 15.8. The van der Waals surface area contributed by atoms with Gasteiger partial charge < -0.3 is 15.2 Å². The number of hydrogen-bond donors (Lipinski definition) is 2. The van der Waals surface area contributed by atoms with Crippen LogP contribution in [0.3, 0.4) is 0 Å². The van der Waals surface area contributed by atoms with Crippen molar-refractivity contribution in [2.45, 2.75) is 70.7 Å². The summed E-state index contributed by atoms with van der Waals surface area (Å²) in [5.74, 6) is 0. The third kappa shape index (κ3) is 4.70. The fourth-order valence-electron chi connectivity index (χ4n) is 2.57. The first-order chi connectivity index (χ1) is 9.87. The Labute approximate surface area is 124 Å². The van der Waals surface area contributed by atoms with Gasteiger partial charge in [-0.15, -0.1) is 5.10 Å². The molecule has 1 saturated carbocycles.